The molecule has 4 N–H and O–H groups in total. The van der Waals surface area contributed by atoms with Gasteiger partial charge in [-0.15, -0.1) is 0 Å². The van der Waals surface area contributed by atoms with Crippen molar-refractivity contribution in [1.29, 1.82) is 0 Å². The number of nitrogens with two attached hydrogens (primary N) is 1. The second kappa shape index (κ2) is 6.95. The van der Waals surface area contributed by atoms with Crippen molar-refractivity contribution in [1.82, 2.24) is 14.7 Å². The van der Waals surface area contributed by atoms with Crippen molar-refractivity contribution in [2.24, 2.45) is 5.73 Å². The minimum Gasteiger partial charge on any atom is -0.345 e. The van der Waals surface area contributed by atoms with Crippen LogP contribution in [0.5, 0.6) is 0 Å². The van der Waals surface area contributed by atoms with E-state index < -0.39 is 16.1 Å². The van der Waals surface area contributed by atoms with Crippen molar-refractivity contribution >= 4 is 21.1 Å². The monoisotopic (exact) mass is 358 g/mol. The zero-order valence-corrected chi connectivity index (χ0v) is 15.0. The number of benzene rings is 1. The number of hydrogen-bond acceptors (Lipinski definition) is 4. The normalized spacial score (nSPS) is 13.4. The predicted molar refractivity (Wildman–Crippen MR) is 98.7 cm³/mol. The largest absolute Gasteiger partial charge is 0.345 e. The van der Waals surface area contributed by atoms with Crippen LogP contribution in [0.3, 0.4) is 0 Å². The van der Waals surface area contributed by atoms with Crippen molar-refractivity contribution < 1.29 is 8.42 Å². The lowest BCUT2D eigenvalue weighted by molar-refractivity contribution is 0.573. The summed E-state index contributed by atoms with van der Waals surface area (Å²) in [5.41, 5.74) is 8.81. The Kier molecular flexibility index (Phi) is 4.89. The quantitative estimate of drug-likeness (QED) is 0.630. The molecule has 2 aromatic heterocycles. The molecule has 7 heteroatoms. The molecule has 132 valence electrons. The van der Waals surface area contributed by atoms with Gasteiger partial charge in [-0.05, 0) is 29.2 Å². The molecule has 1 unspecified atom stereocenters. The first-order chi connectivity index (χ1) is 11.9. The SMILES string of the molecule is CC(C)c1ccc(C(N)CNS(=O)(=O)c2c[nH]c3ncccc23)cc1. The summed E-state index contributed by atoms with van der Waals surface area (Å²) in [5, 5.41) is 0.560. The number of pyridine rings is 1. The van der Waals surface area contributed by atoms with Gasteiger partial charge in [0, 0.05) is 30.4 Å². The fraction of sp³-hybridized carbons (Fsp3) is 0.278. The molecule has 25 heavy (non-hydrogen) atoms. The molecular weight excluding hydrogens is 336 g/mol. The Bertz CT molecular complexity index is 962. The third-order valence-electron chi connectivity index (χ3n) is 4.23. The van der Waals surface area contributed by atoms with Crippen LogP contribution in [-0.2, 0) is 10.0 Å². The fourth-order valence-corrected chi connectivity index (χ4v) is 3.90. The summed E-state index contributed by atoms with van der Waals surface area (Å²) in [6, 6.07) is 11.0. The number of sulfonamides is 1. The van der Waals surface area contributed by atoms with Crippen LogP contribution in [-0.4, -0.2) is 24.9 Å². The van der Waals surface area contributed by atoms with E-state index in [0.29, 0.717) is 17.0 Å². The maximum absolute atomic E-state index is 12.6. The van der Waals surface area contributed by atoms with Crippen molar-refractivity contribution in [2.45, 2.75) is 30.7 Å². The first-order valence-corrected chi connectivity index (χ1v) is 9.64. The van der Waals surface area contributed by atoms with Crippen molar-refractivity contribution in [3.63, 3.8) is 0 Å². The van der Waals surface area contributed by atoms with E-state index in [1.807, 2.05) is 24.3 Å². The summed E-state index contributed by atoms with van der Waals surface area (Å²) >= 11 is 0. The van der Waals surface area contributed by atoms with E-state index in [1.54, 1.807) is 18.3 Å². The molecule has 0 aliphatic heterocycles. The van der Waals surface area contributed by atoms with Gasteiger partial charge in [0.15, 0.2) is 0 Å². The van der Waals surface area contributed by atoms with Gasteiger partial charge in [-0.1, -0.05) is 38.1 Å². The maximum atomic E-state index is 12.6. The zero-order chi connectivity index (χ0) is 18.0. The fourth-order valence-electron chi connectivity index (χ4n) is 2.68. The summed E-state index contributed by atoms with van der Waals surface area (Å²) in [6.45, 7) is 4.37. The Morgan fingerprint density at radius 2 is 1.84 bits per heavy atom. The van der Waals surface area contributed by atoms with E-state index in [2.05, 4.69) is 28.5 Å². The molecule has 3 rings (SSSR count). The van der Waals surface area contributed by atoms with Gasteiger partial charge >= 0.3 is 0 Å². The molecule has 0 saturated carbocycles. The van der Waals surface area contributed by atoms with E-state index in [-0.39, 0.29) is 11.4 Å². The summed E-state index contributed by atoms with van der Waals surface area (Å²) in [4.78, 5) is 7.16. The van der Waals surface area contributed by atoms with Crippen LogP contribution in [0.1, 0.15) is 36.9 Å². The third-order valence-corrected chi connectivity index (χ3v) is 5.69. The molecule has 1 atom stereocenters. The third kappa shape index (κ3) is 3.73. The molecule has 0 fully saturated rings. The zero-order valence-electron chi connectivity index (χ0n) is 14.2. The second-order valence-electron chi connectivity index (χ2n) is 6.33. The lowest BCUT2D eigenvalue weighted by atomic mass is 9.99. The van der Waals surface area contributed by atoms with Crippen LogP contribution in [0.15, 0.2) is 53.7 Å². The Balaban J connectivity index is 1.73. The van der Waals surface area contributed by atoms with E-state index in [9.17, 15) is 8.42 Å². The molecule has 1 aromatic carbocycles. The summed E-state index contributed by atoms with van der Waals surface area (Å²) in [5.74, 6) is 0.444. The molecular formula is C18H22N4O2S. The second-order valence-corrected chi connectivity index (χ2v) is 8.07. The van der Waals surface area contributed by atoms with Gasteiger partial charge < -0.3 is 10.7 Å². The average Bonchev–Trinajstić information content (AvgIpc) is 3.05. The van der Waals surface area contributed by atoms with Crippen LogP contribution >= 0.6 is 0 Å². The highest BCUT2D eigenvalue weighted by Crippen LogP contribution is 2.21. The first-order valence-electron chi connectivity index (χ1n) is 8.15. The smallest absolute Gasteiger partial charge is 0.242 e. The van der Waals surface area contributed by atoms with Gasteiger partial charge in [0.2, 0.25) is 10.0 Å². The maximum Gasteiger partial charge on any atom is 0.242 e. The number of rotatable bonds is 6. The van der Waals surface area contributed by atoms with Crippen molar-refractivity contribution in [3.05, 3.63) is 59.9 Å². The number of nitrogens with zero attached hydrogens (tertiary/aromatic N) is 1. The van der Waals surface area contributed by atoms with Crippen LogP contribution in [0.4, 0.5) is 0 Å². The Morgan fingerprint density at radius 3 is 2.52 bits per heavy atom. The van der Waals surface area contributed by atoms with Gasteiger partial charge in [0.05, 0.1) is 0 Å². The molecule has 0 radical (unpaired) electrons. The Morgan fingerprint density at radius 1 is 1.16 bits per heavy atom. The van der Waals surface area contributed by atoms with E-state index in [4.69, 9.17) is 5.73 Å². The first kappa shape index (κ1) is 17.6. The molecule has 6 nitrogen and oxygen atoms in total. The molecule has 0 saturated heterocycles. The number of aromatic amines is 1. The van der Waals surface area contributed by atoms with Gasteiger partial charge in [-0.2, -0.15) is 0 Å². The van der Waals surface area contributed by atoms with E-state index in [1.165, 1.54) is 11.8 Å². The molecule has 2 heterocycles. The molecule has 0 spiro atoms. The highest BCUT2D eigenvalue weighted by molar-refractivity contribution is 7.89. The topological polar surface area (TPSA) is 101 Å². The Labute approximate surface area is 147 Å². The van der Waals surface area contributed by atoms with Crippen LogP contribution in [0.25, 0.3) is 11.0 Å². The van der Waals surface area contributed by atoms with Crippen LogP contribution < -0.4 is 10.5 Å². The molecule has 3 aromatic rings. The lowest BCUT2D eigenvalue weighted by Gasteiger charge is -2.14. The molecule has 0 bridgehead atoms. The predicted octanol–water partition coefficient (Wildman–Crippen LogP) is 2.66. The van der Waals surface area contributed by atoms with Crippen LogP contribution in [0, 0.1) is 0 Å². The van der Waals surface area contributed by atoms with Crippen molar-refractivity contribution in [2.75, 3.05) is 6.54 Å². The van der Waals surface area contributed by atoms with Gasteiger partial charge in [0.25, 0.3) is 0 Å². The van der Waals surface area contributed by atoms with Crippen molar-refractivity contribution in [3.8, 4) is 0 Å². The van der Waals surface area contributed by atoms with Gasteiger partial charge in [-0.25, -0.2) is 18.1 Å². The molecule has 0 aliphatic carbocycles. The summed E-state index contributed by atoms with van der Waals surface area (Å²) in [6.07, 6.45) is 3.06. The molecule has 0 aliphatic rings. The minimum absolute atomic E-state index is 0.121. The summed E-state index contributed by atoms with van der Waals surface area (Å²) < 4.78 is 27.7. The lowest BCUT2D eigenvalue weighted by Crippen LogP contribution is -2.31. The van der Waals surface area contributed by atoms with E-state index >= 15 is 0 Å². The van der Waals surface area contributed by atoms with Gasteiger partial charge in [-0.3, -0.25) is 0 Å². The summed E-state index contributed by atoms with van der Waals surface area (Å²) in [7, 11) is -3.67. The molecule has 0 amide bonds. The Hall–Kier alpha value is -2.22. The number of H-pyrrole nitrogens is 1. The highest BCUT2D eigenvalue weighted by Gasteiger charge is 2.20. The highest BCUT2D eigenvalue weighted by atomic mass is 32.2. The minimum atomic E-state index is -3.67. The number of nitrogens with one attached hydrogen (secondary N) is 2. The van der Waals surface area contributed by atoms with E-state index in [0.717, 1.165) is 5.56 Å². The van der Waals surface area contributed by atoms with Crippen LogP contribution in [0.2, 0.25) is 0 Å². The average molecular weight is 358 g/mol. The van der Waals surface area contributed by atoms with Gasteiger partial charge in [0.1, 0.15) is 10.5 Å². The number of aromatic nitrogens is 2. The number of hydrogen-bond donors (Lipinski definition) is 3. The standard InChI is InChI=1S/C18H22N4O2S/c1-12(2)13-5-7-14(8-6-13)16(19)10-22-25(23,24)17-11-21-18-15(17)4-3-9-20-18/h3-9,11-12,16,22H,10,19H2,1-2H3,(H,20,21). The number of fused-ring (bicyclic) bond motifs is 1.